The van der Waals surface area contributed by atoms with Crippen molar-refractivity contribution in [3.05, 3.63) is 23.8 Å². The van der Waals surface area contributed by atoms with Crippen LogP contribution in [-0.2, 0) is 14.3 Å². The van der Waals surface area contributed by atoms with E-state index < -0.39 is 12.0 Å². The molecular weight excluding hydrogens is 270 g/mol. The van der Waals surface area contributed by atoms with E-state index >= 15 is 0 Å². The number of ether oxygens (including phenoxy) is 1. The molecule has 6 nitrogen and oxygen atoms in total. The van der Waals surface area contributed by atoms with Crippen molar-refractivity contribution < 1.29 is 14.3 Å². The maximum atomic E-state index is 11.6. The number of carbonyl (C=O) groups excluding carboxylic acids is 2. The van der Waals surface area contributed by atoms with E-state index in [1.807, 2.05) is 44.1 Å². The van der Waals surface area contributed by atoms with Gasteiger partial charge in [0.05, 0.1) is 7.11 Å². The second-order valence-electron chi connectivity index (χ2n) is 5.05. The molecule has 0 fully saturated rings. The van der Waals surface area contributed by atoms with Gasteiger partial charge in [-0.1, -0.05) is 6.07 Å². The van der Waals surface area contributed by atoms with Gasteiger partial charge in [-0.15, -0.1) is 0 Å². The van der Waals surface area contributed by atoms with E-state index in [1.165, 1.54) is 14.0 Å². The molecule has 2 N–H and O–H groups in total. The molecule has 0 saturated carbocycles. The molecule has 1 aromatic carbocycles. The largest absolute Gasteiger partial charge is 0.467 e. The number of hydrogen-bond acceptors (Lipinski definition) is 5. The first kappa shape index (κ1) is 16.8. The lowest BCUT2D eigenvalue weighted by Crippen LogP contribution is -2.45. The summed E-state index contributed by atoms with van der Waals surface area (Å²) in [6.45, 7) is 3.67. The Morgan fingerprint density at radius 1 is 1.33 bits per heavy atom. The molecule has 1 rings (SSSR count). The van der Waals surface area contributed by atoms with Gasteiger partial charge in [-0.25, -0.2) is 4.79 Å². The molecule has 0 aliphatic heterocycles. The van der Waals surface area contributed by atoms with Crippen LogP contribution in [0, 0.1) is 6.92 Å². The summed E-state index contributed by atoms with van der Waals surface area (Å²) in [5.74, 6) is -0.747. The fourth-order valence-electron chi connectivity index (χ4n) is 2.00. The first-order chi connectivity index (χ1) is 9.85. The molecule has 6 heteroatoms. The topological polar surface area (TPSA) is 70.7 Å². The van der Waals surface area contributed by atoms with Crippen LogP contribution in [0.3, 0.4) is 0 Å². The van der Waals surface area contributed by atoms with Crippen LogP contribution in [0.15, 0.2) is 18.2 Å². The number of amides is 1. The van der Waals surface area contributed by atoms with Gasteiger partial charge < -0.3 is 20.3 Å². The predicted molar refractivity (Wildman–Crippen MR) is 83.6 cm³/mol. The van der Waals surface area contributed by atoms with Gasteiger partial charge in [0.15, 0.2) is 0 Å². The van der Waals surface area contributed by atoms with E-state index in [0.29, 0.717) is 0 Å². The first-order valence-corrected chi connectivity index (χ1v) is 6.72. The third-order valence-corrected chi connectivity index (χ3v) is 3.06. The van der Waals surface area contributed by atoms with Crippen molar-refractivity contribution in [2.24, 2.45) is 0 Å². The van der Waals surface area contributed by atoms with Crippen LogP contribution in [0.25, 0.3) is 0 Å². The maximum Gasteiger partial charge on any atom is 0.330 e. The zero-order chi connectivity index (χ0) is 16.0. The smallest absolute Gasteiger partial charge is 0.330 e. The van der Waals surface area contributed by atoms with Crippen molar-refractivity contribution in [1.82, 2.24) is 5.32 Å². The molecule has 0 heterocycles. The summed E-state index contributed by atoms with van der Waals surface area (Å²) in [6.07, 6.45) is 0. The summed E-state index contributed by atoms with van der Waals surface area (Å²) < 4.78 is 4.68. The molecule has 0 bridgehead atoms. The summed E-state index contributed by atoms with van der Waals surface area (Å²) in [5, 5.41) is 5.71. The highest BCUT2D eigenvalue weighted by Gasteiger charge is 2.19. The second-order valence-corrected chi connectivity index (χ2v) is 5.05. The van der Waals surface area contributed by atoms with Gasteiger partial charge in [-0.05, 0) is 24.6 Å². The zero-order valence-corrected chi connectivity index (χ0v) is 13.2. The minimum Gasteiger partial charge on any atom is -0.467 e. The Bertz CT molecular complexity index is 515. The number of esters is 1. The Balaban J connectivity index is 2.78. The number of benzene rings is 1. The van der Waals surface area contributed by atoms with E-state index in [-0.39, 0.29) is 12.5 Å². The SMILES string of the molecule is COC(=O)C(CNc1ccc(C)c(N(C)C)c1)NC(C)=O. The van der Waals surface area contributed by atoms with Crippen LogP contribution in [0.1, 0.15) is 12.5 Å². The summed E-state index contributed by atoms with van der Waals surface area (Å²) in [7, 11) is 5.24. The molecule has 0 saturated heterocycles. The fourth-order valence-corrected chi connectivity index (χ4v) is 2.00. The van der Waals surface area contributed by atoms with Crippen LogP contribution >= 0.6 is 0 Å². The molecule has 1 atom stereocenters. The molecule has 1 amide bonds. The number of hydrogen-bond donors (Lipinski definition) is 2. The average Bonchev–Trinajstić information content (AvgIpc) is 2.43. The van der Waals surface area contributed by atoms with Crippen molar-refractivity contribution in [1.29, 1.82) is 0 Å². The Morgan fingerprint density at radius 3 is 2.52 bits per heavy atom. The minimum atomic E-state index is -0.711. The van der Waals surface area contributed by atoms with Crippen molar-refractivity contribution >= 4 is 23.3 Å². The van der Waals surface area contributed by atoms with E-state index in [0.717, 1.165) is 16.9 Å². The normalized spacial score (nSPS) is 11.5. The summed E-state index contributed by atoms with van der Waals surface area (Å²) >= 11 is 0. The fraction of sp³-hybridized carbons (Fsp3) is 0.467. The molecule has 0 spiro atoms. The van der Waals surface area contributed by atoms with Crippen LogP contribution in [0.2, 0.25) is 0 Å². The van der Waals surface area contributed by atoms with E-state index in [1.54, 1.807) is 0 Å². The maximum absolute atomic E-state index is 11.6. The summed E-state index contributed by atoms with van der Waals surface area (Å²) in [5.41, 5.74) is 3.13. The van der Waals surface area contributed by atoms with Crippen molar-refractivity contribution in [3.8, 4) is 0 Å². The third-order valence-electron chi connectivity index (χ3n) is 3.06. The third kappa shape index (κ3) is 4.98. The van der Waals surface area contributed by atoms with Gasteiger partial charge in [0.1, 0.15) is 6.04 Å². The Morgan fingerprint density at radius 2 is 2.00 bits per heavy atom. The molecule has 1 unspecified atom stereocenters. The number of carbonyl (C=O) groups is 2. The number of nitrogens with one attached hydrogen (secondary N) is 2. The van der Waals surface area contributed by atoms with Gasteiger partial charge >= 0.3 is 5.97 Å². The lowest BCUT2D eigenvalue weighted by molar-refractivity contribution is -0.144. The molecule has 0 aromatic heterocycles. The highest BCUT2D eigenvalue weighted by atomic mass is 16.5. The van der Waals surface area contributed by atoms with Crippen LogP contribution in [0.4, 0.5) is 11.4 Å². The van der Waals surface area contributed by atoms with Gasteiger partial charge in [-0.3, -0.25) is 4.79 Å². The minimum absolute atomic E-state index is 0.266. The summed E-state index contributed by atoms with van der Waals surface area (Å²) in [4.78, 5) is 24.8. The standard InChI is InChI=1S/C15H23N3O3/c1-10-6-7-12(8-14(10)18(3)4)16-9-13(15(20)21-5)17-11(2)19/h6-8,13,16H,9H2,1-5H3,(H,17,19). The van der Waals surface area contributed by atoms with Crippen molar-refractivity contribution in [2.45, 2.75) is 19.9 Å². The molecule has 0 radical (unpaired) electrons. The number of aryl methyl sites for hydroxylation is 1. The van der Waals surface area contributed by atoms with Crippen LogP contribution in [-0.4, -0.2) is 45.7 Å². The number of methoxy groups -OCH3 is 1. The van der Waals surface area contributed by atoms with Crippen LogP contribution in [0.5, 0.6) is 0 Å². The van der Waals surface area contributed by atoms with E-state index in [4.69, 9.17) is 0 Å². The van der Waals surface area contributed by atoms with Crippen LogP contribution < -0.4 is 15.5 Å². The monoisotopic (exact) mass is 293 g/mol. The number of rotatable bonds is 6. The lowest BCUT2D eigenvalue weighted by atomic mass is 10.1. The zero-order valence-electron chi connectivity index (χ0n) is 13.2. The molecule has 0 aliphatic rings. The van der Waals surface area contributed by atoms with Crippen molar-refractivity contribution in [2.75, 3.05) is 38.0 Å². The molecular formula is C15H23N3O3. The van der Waals surface area contributed by atoms with Crippen molar-refractivity contribution in [3.63, 3.8) is 0 Å². The Labute approximate surface area is 125 Å². The first-order valence-electron chi connectivity index (χ1n) is 6.72. The van der Waals surface area contributed by atoms with Gasteiger partial charge in [-0.2, -0.15) is 0 Å². The number of anilines is 2. The second kappa shape index (κ2) is 7.52. The average molecular weight is 293 g/mol. The van der Waals surface area contributed by atoms with E-state index in [9.17, 15) is 9.59 Å². The molecule has 21 heavy (non-hydrogen) atoms. The number of nitrogens with zero attached hydrogens (tertiary/aromatic N) is 1. The van der Waals surface area contributed by atoms with Gasteiger partial charge in [0.2, 0.25) is 5.91 Å². The van der Waals surface area contributed by atoms with E-state index in [2.05, 4.69) is 15.4 Å². The highest BCUT2D eigenvalue weighted by molar-refractivity contribution is 5.83. The molecule has 1 aromatic rings. The summed E-state index contributed by atoms with van der Waals surface area (Å²) in [6, 6.07) is 5.22. The predicted octanol–water partition coefficient (Wildman–Crippen LogP) is 1.15. The highest BCUT2D eigenvalue weighted by Crippen LogP contribution is 2.22. The quantitative estimate of drug-likeness (QED) is 0.770. The van der Waals surface area contributed by atoms with Gasteiger partial charge in [0.25, 0.3) is 0 Å². The van der Waals surface area contributed by atoms with Gasteiger partial charge in [0, 0.05) is 38.9 Å². The molecule has 116 valence electrons. The molecule has 0 aliphatic carbocycles. The Hall–Kier alpha value is -2.24. The Kier molecular flexibility index (Phi) is 6.02. The lowest BCUT2D eigenvalue weighted by Gasteiger charge is -2.19.